The van der Waals surface area contributed by atoms with E-state index in [4.69, 9.17) is 0 Å². The van der Waals surface area contributed by atoms with Crippen LogP contribution < -0.4 is 10.9 Å². The summed E-state index contributed by atoms with van der Waals surface area (Å²) in [5.41, 5.74) is 3.12. The van der Waals surface area contributed by atoms with Crippen LogP contribution in [0.3, 0.4) is 0 Å². The highest BCUT2D eigenvalue weighted by molar-refractivity contribution is 7.99. The van der Waals surface area contributed by atoms with Crippen LogP contribution in [-0.2, 0) is 11.2 Å². The van der Waals surface area contributed by atoms with Gasteiger partial charge in [0, 0.05) is 17.3 Å². The van der Waals surface area contributed by atoms with Crippen molar-refractivity contribution in [3.63, 3.8) is 0 Å². The molecule has 0 saturated carbocycles. The SMILES string of the molecule is CCc1ccccc1NC(=O)CSc1nc(-c2ccccc2)cc(=O)[nH]1. The van der Waals surface area contributed by atoms with Crippen LogP contribution in [0.4, 0.5) is 5.69 Å². The number of carbonyl (C=O) groups excluding carboxylic acids is 1. The lowest BCUT2D eigenvalue weighted by atomic mass is 10.1. The molecule has 0 radical (unpaired) electrons. The van der Waals surface area contributed by atoms with Gasteiger partial charge in [0.05, 0.1) is 11.4 Å². The number of nitrogens with one attached hydrogen (secondary N) is 2. The van der Waals surface area contributed by atoms with E-state index in [0.717, 1.165) is 23.2 Å². The third kappa shape index (κ3) is 4.61. The number of benzene rings is 2. The number of para-hydroxylation sites is 1. The third-order valence-electron chi connectivity index (χ3n) is 3.80. The van der Waals surface area contributed by atoms with E-state index in [2.05, 4.69) is 15.3 Å². The van der Waals surface area contributed by atoms with E-state index >= 15 is 0 Å². The molecule has 1 amide bonds. The molecular weight excluding hydrogens is 346 g/mol. The number of rotatable bonds is 6. The number of anilines is 1. The van der Waals surface area contributed by atoms with Crippen LogP contribution >= 0.6 is 11.8 Å². The Labute approximate surface area is 155 Å². The minimum absolute atomic E-state index is 0.135. The fourth-order valence-corrected chi connectivity index (χ4v) is 3.21. The molecule has 3 rings (SSSR count). The number of amides is 1. The summed E-state index contributed by atoms with van der Waals surface area (Å²) in [4.78, 5) is 31.3. The van der Waals surface area contributed by atoms with E-state index in [1.165, 1.54) is 17.8 Å². The molecule has 0 fully saturated rings. The highest BCUT2D eigenvalue weighted by atomic mass is 32.2. The zero-order valence-corrected chi connectivity index (χ0v) is 15.2. The summed E-state index contributed by atoms with van der Waals surface area (Å²) < 4.78 is 0. The minimum atomic E-state index is -0.238. The van der Waals surface area contributed by atoms with Crippen molar-refractivity contribution in [3.05, 3.63) is 76.6 Å². The summed E-state index contributed by atoms with van der Waals surface area (Å²) in [7, 11) is 0. The summed E-state index contributed by atoms with van der Waals surface area (Å²) in [5.74, 6) is 0.0304. The number of hydrogen-bond donors (Lipinski definition) is 2. The van der Waals surface area contributed by atoms with Gasteiger partial charge in [-0.1, -0.05) is 67.2 Å². The Morgan fingerprint density at radius 3 is 2.62 bits per heavy atom. The second-order valence-electron chi connectivity index (χ2n) is 5.65. The third-order valence-corrected chi connectivity index (χ3v) is 4.68. The Morgan fingerprint density at radius 2 is 1.85 bits per heavy atom. The number of H-pyrrole nitrogens is 1. The Balaban J connectivity index is 1.69. The summed E-state index contributed by atoms with van der Waals surface area (Å²) in [5, 5.41) is 3.34. The molecule has 1 heterocycles. The van der Waals surface area contributed by atoms with Crippen molar-refractivity contribution in [1.29, 1.82) is 0 Å². The van der Waals surface area contributed by atoms with E-state index in [1.807, 2.05) is 61.5 Å². The lowest BCUT2D eigenvalue weighted by Crippen LogP contribution is -2.16. The molecule has 2 aromatic carbocycles. The molecule has 5 nitrogen and oxygen atoms in total. The molecule has 0 aliphatic carbocycles. The van der Waals surface area contributed by atoms with Crippen molar-refractivity contribution in [2.75, 3.05) is 11.1 Å². The Kier molecular flexibility index (Phi) is 5.86. The number of nitrogens with zero attached hydrogens (tertiary/aromatic N) is 1. The smallest absolute Gasteiger partial charge is 0.252 e. The molecule has 3 aromatic rings. The van der Waals surface area contributed by atoms with E-state index < -0.39 is 0 Å². The first-order valence-electron chi connectivity index (χ1n) is 8.33. The first-order valence-corrected chi connectivity index (χ1v) is 9.31. The van der Waals surface area contributed by atoms with Gasteiger partial charge in [0.2, 0.25) is 5.91 Å². The van der Waals surface area contributed by atoms with E-state index in [1.54, 1.807) is 0 Å². The lowest BCUT2D eigenvalue weighted by Gasteiger charge is -2.09. The van der Waals surface area contributed by atoms with Crippen molar-refractivity contribution in [2.45, 2.75) is 18.5 Å². The number of aryl methyl sites for hydroxylation is 1. The molecule has 26 heavy (non-hydrogen) atoms. The maximum absolute atomic E-state index is 12.2. The summed E-state index contributed by atoms with van der Waals surface area (Å²) in [6, 6.07) is 18.7. The molecular formula is C20H19N3O2S. The number of thioether (sulfide) groups is 1. The number of aromatic nitrogens is 2. The van der Waals surface area contributed by atoms with Crippen molar-refractivity contribution in [1.82, 2.24) is 9.97 Å². The lowest BCUT2D eigenvalue weighted by molar-refractivity contribution is -0.113. The molecule has 2 N–H and O–H groups in total. The number of carbonyl (C=O) groups is 1. The van der Waals surface area contributed by atoms with Crippen LogP contribution in [0.15, 0.2) is 70.6 Å². The molecule has 1 aromatic heterocycles. The van der Waals surface area contributed by atoms with Crippen LogP contribution in [0.2, 0.25) is 0 Å². The van der Waals surface area contributed by atoms with Gasteiger partial charge in [-0.2, -0.15) is 0 Å². The molecule has 0 saturated heterocycles. The predicted molar refractivity (Wildman–Crippen MR) is 105 cm³/mol. The van der Waals surface area contributed by atoms with Crippen LogP contribution in [0.1, 0.15) is 12.5 Å². The van der Waals surface area contributed by atoms with Gasteiger partial charge >= 0.3 is 0 Å². The summed E-state index contributed by atoms with van der Waals surface area (Å²) in [6.45, 7) is 2.05. The van der Waals surface area contributed by atoms with Crippen LogP contribution in [0, 0.1) is 0 Å². The van der Waals surface area contributed by atoms with E-state index in [0.29, 0.717) is 10.9 Å². The molecule has 0 unspecified atom stereocenters. The molecule has 0 atom stereocenters. The fourth-order valence-electron chi connectivity index (χ4n) is 2.53. The van der Waals surface area contributed by atoms with E-state index in [-0.39, 0.29) is 17.2 Å². The Morgan fingerprint density at radius 1 is 1.12 bits per heavy atom. The normalized spacial score (nSPS) is 10.5. The van der Waals surface area contributed by atoms with Crippen LogP contribution in [-0.4, -0.2) is 21.6 Å². The monoisotopic (exact) mass is 365 g/mol. The van der Waals surface area contributed by atoms with Gasteiger partial charge in [-0.25, -0.2) is 4.98 Å². The zero-order valence-electron chi connectivity index (χ0n) is 14.4. The average molecular weight is 365 g/mol. The van der Waals surface area contributed by atoms with Gasteiger partial charge in [-0.05, 0) is 18.1 Å². The van der Waals surface area contributed by atoms with Crippen LogP contribution in [0.5, 0.6) is 0 Å². The van der Waals surface area contributed by atoms with Gasteiger partial charge in [0.1, 0.15) is 0 Å². The molecule has 6 heteroatoms. The predicted octanol–water partition coefficient (Wildman–Crippen LogP) is 3.73. The highest BCUT2D eigenvalue weighted by Crippen LogP contribution is 2.20. The zero-order chi connectivity index (χ0) is 18.4. The standard InChI is InChI=1S/C20H19N3O2S/c1-2-14-8-6-7-11-16(14)21-19(25)13-26-20-22-17(12-18(24)23-20)15-9-4-3-5-10-15/h3-12H,2,13H2,1H3,(H,21,25)(H,22,23,24). The molecule has 0 aliphatic heterocycles. The second-order valence-corrected chi connectivity index (χ2v) is 6.61. The largest absolute Gasteiger partial charge is 0.325 e. The number of aromatic amines is 1. The van der Waals surface area contributed by atoms with Gasteiger partial charge in [0.15, 0.2) is 5.16 Å². The van der Waals surface area contributed by atoms with Crippen molar-refractivity contribution in [3.8, 4) is 11.3 Å². The average Bonchev–Trinajstić information content (AvgIpc) is 2.67. The maximum atomic E-state index is 12.2. The van der Waals surface area contributed by atoms with Crippen LogP contribution in [0.25, 0.3) is 11.3 Å². The fraction of sp³-hybridized carbons (Fsp3) is 0.150. The number of hydrogen-bond acceptors (Lipinski definition) is 4. The Hall–Kier alpha value is -2.86. The second kappa shape index (κ2) is 8.49. The highest BCUT2D eigenvalue weighted by Gasteiger charge is 2.09. The van der Waals surface area contributed by atoms with Crippen molar-refractivity contribution in [2.24, 2.45) is 0 Å². The molecule has 0 spiro atoms. The molecule has 132 valence electrons. The minimum Gasteiger partial charge on any atom is -0.325 e. The topological polar surface area (TPSA) is 74.8 Å². The van der Waals surface area contributed by atoms with Gasteiger partial charge < -0.3 is 10.3 Å². The van der Waals surface area contributed by atoms with Gasteiger partial charge in [-0.3, -0.25) is 9.59 Å². The first kappa shape index (κ1) is 17.9. The molecule has 0 bridgehead atoms. The van der Waals surface area contributed by atoms with Crippen molar-refractivity contribution < 1.29 is 4.79 Å². The molecule has 0 aliphatic rings. The summed E-state index contributed by atoms with van der Waals surface area (Å²) >= 11 is 1.21. The van der Waals surface area contributed by atoms with Gasteiger partial charge in [-0.15, -0.1) is 0 Å². The van der Waals surface area contributed by atoms with E-state index in [9.17, 15) is 9.59 Å². The maximum Gasteiger partial charge on any atom is 0.252 e. The Bertz CT molecular complexity index is 955. The quantitative estimate of drug-likeness (QED) is 0.516. The van der Waals surface area contributed by atoms with Gasteiger partial charge in [0.25, 0.3) is 5.56 Å². The van der Waals surface area contributed by atoms with Crippen molar-refractivity contribution >= 4 is 23.4 Å². The first-order chi connectivity index (χ1) is 12.7. The summed E-state index contributed by atoms with van der Waals surface area (Å²) in [6.07, 6.45) is 0.845.